The van der Waals surface area contributed by atoms with Gasteiger partial charge in [-0.05, 0) is 37.1 Å². The number of carbonyl (C=O) groups is 1. The molecule has 1 heterocycles. The van der Waals surface area contributed by atoms with Gasteiger partial charge < -0.3 is 4.42 Å². The molecule has 1 saturated carbocycles. The van der Waals surface area contributed by atoms with Gasteiger partial charge in [0.25, 0.3) is 0 Å². The molecular weight excluding hydrogens is 298 g/mol. The summed E-state index contributed by atoms with van der Waals surface area (Å²) in [5.41, 5.74) is 0.817. The van der Waals surface area contributed by atoms with Gasteiger partial charge in [0.15, 0.2) is 0 Å². The zero-order valence-corrected chi connectivity index (χ0v) is 11.0. The number of nitrogens with zero attached hydrogens (tertiary/aromatic N) is 2. The minimum atomic E-state index is -0.0407. The van der Waals surface area contributed by atoms with E-state index in [0.29, 0.717) is 5.89 Å². The molecule has 1 aromatic carbocycles. The number of aromatic nitrogens is 2. The molecule has 1 aromatic heterocycles. The average Bonchev–Trinajstić information content (AvgIpc) is 3.12. The van der Waals surface area contributed by atoms with Crippen molar-refractivity contribution in [1.82, 2.24) is 10.2 Å². The molecule has 1 amide bonds. The van der Waals surface area contributed by atoms with Crippen LogP contribution < -0.4 is 5.32 Å². The zero-order valence-electron chi connectivity index (χ0n) is 9.39. The summed E-state index contributed by atoms with van der Waals surface area (Å²) in [7, 11) is 0. The Morgan fingerprint density at radius 2 is 2.00 bits per heavy atom. The second-order valence-electron chi connectivity index (χ2n) is 4.18. The number of hydrogen-bond donors (Lipinski definition) is 1. The molecule has 3 rings (SSSR count). The lowest BCUT2D eigenvalue weighted by Crippen LogP contribution is -2.13. The molecule has 6 heteroatoms. The Kier molecular flexibility index (Phi) is 2.87. The molecule has 2 aromatic rings. The highest BCUT2D eigenvalue weighted by atomic mass is 79.9. The first-order valence-electron chi connectivity index (χ1n) is 5.63. The fourth-order valence-electron chi connectivity index (χ4n) is 1.54. The van der Waals surface area contributed by atoms with Gasteiger partial charge >= 0.3 is 6.01 Å². The molecule has 1 aliphatic carbocycles. The maximum absolute atomic E-state index is 11.5. The van der Waals surface area contributed by atoms with Gasteiger partial charge in [-0.1, -0.05) is 21.0 Å². The summed E-state index contributed by atoms with van der Waals surface area (Å²) in [6.45, 7) is 0. The van der Waals surface area contributed by atoms with Crippen LogP contribution in [0.3, 0.4) is 0 Å². The average molecular weight is 308 g/mol. The quantitative estimate of drug-likeness (QED) is 0.946. The van der Waals surface area contributed by atoms with Crippen LogP contribution in [0.4, 0.5) is 6.01 Å². The van der Waals surface area contributed by atoms with Gasteiger partial charge in [0, 0.05) is 16.0 Å². The van der Waals surface area contributed by atoms with Crippen LogP contribution in [0.1, 0.15) is 12.8 Å². The summed E-state index contributed by atoms with van der Waals surface area (Å²) >= 11 is 3.36. The number of carbonyl (C=O) groups excluding carboxylic acids is 1. The SMILES string of the molecule is O=C(Nc1nnc(-c2ccc(Br)cc2)o1)C1CC1. The number of hydrogen-bond acceptors (Lipinski definition) is 4. The van der Waals surface area contributed by atoms with Crippen LogP contribution in [0.2, 0.25) is 0 Å². The van der Waals surface area contributed by atoms with Crippen molar-refractivity contribution in [1.29, 1.82) is 0 Å². The van der Waals surface area contributed by atoms with Crippen LogP contribution >= 0.6 is 15.9 Å². The maximum Gasteiger partial charge on any atom is 0.322 e. The van der Waals surface area contributed by atoms with E-state index in [-0.39, 0.29) is 17.8 Å². The lowest BCUT2D eigenvalue weighted by atomic mass is 10.2. The Morgan fingerprint density at radius 3 is 2.67 bits per heavy atom. The van der Waals surface area contributed by atoms with E-state index in [1.54, 1.807) is 0 Å². The van der Waals surface area contributed by atoms with Crippen molar-refractivity contribution in [3.8, 4) is 11.5 Å². The summed E-state index contributed by atoms with van der Waals surface area (Å²) < 4.78 is 6.37. The van der Waals surface area contributed by atoms with E-state index < -0.39 is 0 Å². The Bertz CT molecular complexity index is 575. The first-order valence-corrected chi connectivity index (χ1v) is 6.42. The van der Waals surface area contributed by atoms with Crippen LogP contribution in [0.15, 0.2) is 33.2 Å². The highest BCUT2D eigenvalue weighted by Crippen LogP contribution is 2.30. The Morgan fingerprint density at radius 1 is 1.28 bits per heavy atom. The molecule has 0 atom stereocenters. The highest BCUT2D eigenvalue weighted by molar-refractivity contribution is 9.10. The lowest BCUT2D eigenvalue weighted by Gasteiger charge is -1.96. The Balaban J connectivity index is 1.76. The largest absolute Gasteiger partial charge is 0.403 e. The third kappa shape index (κ3) is 2.43. The minimum Gasteiger partial charge on any atom is -0.403 e. The monoisotopic (exact) mass is 307 g/mol. The number of benzene rings is 1. The molecule has 0 spiro atoms. The molecule has 1 fully saturated rings. The van der Waals surface area contributed by atoms with Gasteiger partial charge in [0.1, 0.15) is 0 Å². The van der Waals surface area contributed by atoms with Crippen molar-refractivity contribution in [3.63, 3.8) is 0 Å². The minimum absolute atomic E-state index is 0.0407. The normalized spacial score (nSPS) is 14.5. The molecule has 5 nitrogen and oxygen atoms in total. The van der Waals surface area contributed by atoms with Crippen LogP contribution in [0, 0.1) is 5.92 Å². The maximum atomic E-state index is 11.5. The Hall–Kier alpha value is -1.69. The number of amides is 1. The van der Waals surface area contributed by atoms with Crippen molar-refractivity contribution in [2.75, 3.05) is 5.32 Å². The summed E-state index contributed by atoms with van der Waals surface area (Å²) in [6.07, 6.45) is 1.89. The van der Waals surface area contributed by atoms with Crippen molar-refractivity contribution in [2.45, 2.75) is 12.8 Å². The van der Waals surface area contributed by atoms with E-state index in [1.165, 1.54) is 0 Å². The van der Waals surface area contributed by atoms with E-state index >= 15 is 0 Å². The fraction of sp³-hybridized carbons (Fsp3) is 0.250. The fourth-order valence-corrected chi connectivity index (χ4v) is 1.80. The van der Waals surface area contributed by atoms with Gasteiger partial charge in [-0.3, -0.25) is 10.1 Å². The van der Waals surface area contributed by atoms with E-state index in [9.17, 15) is 4.79 Å². The lowest BCUT2D eigenvalue weighted by molar-refractivity contribution is -0.117. The van der Waals surface area contributed by atoms with Crippen LogP contribution in [0.5, 0.6) is 0 Å². The standard InChI is InChI=1S/C12H10BrN3O2/c13-9-5-3-8(4-6-9)11-15-16-12(18-11)14-10(17)7-1-2-7/h3-7H,1-2H2,(H,14,16,17). The summed E-state index contributed by atoms with van der Waals surface area (Å²) in [5.74, 6) is 0.475. The number of rotatable bonds is 3. The summed E-state index contributed by atoms with van der Waals surface area (Å²) in [5, 5.41) is 10.3. The predicted octanol–water partition coefficient (Wildman–Crippen LogP) is 2.85. The molecule has 0 bridgehead atoms. The molecule has 1 N–H and O–H groups in total. The van der Waals surface area contributed by atoms with Crippen molar-refractivity contribution >= 4 is 27.9 Å². The molecule has 0 saturated heterocycles. The van der Waals surface area contributed by atoms with Crippen molar-refractivity contribution < 1.29 is 9.21 Å². The molecule has 0 radical (unpaired) electrons. The summed E-state index contributed by atoms with van der Waals surface area (Å²) in [6, 6.07) is 7.67. The molecular formula is C12H10BrN3O2. The molecule has 18 heavy (non-hydrogen) atoms. The number of nitrogens with one attached hydrogen (secondary N) is 1. The van der Waals surface area contributed by atoms with Crippen LogP contribution in [0.25, 0.3) is 11.5 Å². The van der Waals surface area contributed by atoms with Gasteiger partial charge in [0.05, 0.1) is 0 Å². The van der Waals surface area contributed by atoms with Crippen molar-refractivity contribution in [2.24, 2.45) is 5.92 Å². The van der Waals surface area contributed by atoms with Gasteiger partial charge in [-0.2, -0.15) is 0 Å². The number of halogens is 1. The van der Waals surface area contributed by atoms with E-state index in [4.69, 9.17) is 4.42 Å². The van der Waals surface area contributed by atoms with Crippen LogP contribution in [-0.4, -0.2) is 16.1 Å². The van der Waals surface area contributed by atoms with Crippen molar-refractivity contribution in [3.05, 3.63) is 28.7 Å². The zero-order chi connectivity index (χ0) is 12.5. The Labute approximate surface area is 112 Å². The topological polar surface area (TPSA) is 68.0 Å². The molecule has 92 valence electrons. The third-order valence-corrected chi connectivity index (χ3v) is 3.22. The van der Waals surface area contributed by atoms with E-state index in [2.05, 4.69) is 31.4 Å². The summed E-state index contributed by atoms with van der Waals surface area (Å²) in [4.78, 5) is 11.5. The smallest absolute Gasteiger partial charge is 0.322 e. The first kappa shape index (κ1) is 11.4. The van der Waals surface area contributed by atoms with Gasteiger partial charge in [-0.25, -0.2) is 0 Å². The van der Waals surface area contributed by atoms with E-state index in [1.807, 2.05) is 24.3 Å². The van der Waals surface area contributed by atoms with E-state index in [0.717, 1.165) is 22.9 Å². The van der Waals surface area contributed by atoms with Gasteiger partial charge in [-0.15, -0.1) is 5.10 Å². The molecule has 1 aliphatic rings. The third-order valence-electron chi connectivity index (χ3n) is 2.69. The molecule has 0 aliphatic heterocycles. The highest BCUT2D eigenvalue weighted by Gasteiger charge is 2.30. The molecule has 0 unspecified atom stereocenters. The number of anilines is 1. The first-order chi connectivity index (χ1) is 8.72. The van der Waals surface area contributed by atoms with Gasteiger partial charge in [0.2, 0.25) is 11.8 Å². The predicted molar refractivity (Wildman–Crippen MR) is 68.8 cm³/mol. The second-order valence-corrected chi connectivity index (χ2v) is 5.10. The second kappa shape index (κ2) is 4.53. The van der Waals surface area contributed by atoms with Crippen LogP contribution in [-0.2, 0) is 4.79 Å².